The SMILES string of the molecule is C=C/C=C(\C=C)CCc1ccc(-c2ccccc2)cc1. The number of rotatable bonds is 6. The van der Waals surface area contributed by atoms with E-state index in [2.05, 4.69) is 61.7 Å². The zero-order chi connectivity index (χ0) is 14.2. The van der Waals surface area contributed by atoms with Crippen molar-refractivity contribution < 1.29 is 0 Å². The van der Waals surface area contributed by atoms with Crippen molar-refractivity contribution in [3.05, 3.63) is 97.1 Å². The number of hydrogen-bond donors (Lipinski definition) is 0. The van der Waals surface area contributed by atoms with E-state index in [9.17, 15) is 0 Å². The molecule has 0 saturated carbocycles. The van der Waals surface area contributed by atoms with Gasteiger partial charge in [0.2, 0.25) is 0 Å². The van der Waals surface area contributed by atoms with E-state index in [0.717, 1.165) is 12.8 Å². The Hall–Kier alpha value is -2.34. The van der Waals surface area contributed by atoms with Gasteiger partial charge in [-0.25, -0.2) is 0 Å². The van der Waals surface area contributed by atoms with Crippen molar-refractivity contribution >= 4 is 0 Å². The van der Waals surface area contributed by atoms with Gasteiger partial charge in [0.15, 0.2) is 0 Å². The van der Waals surface area contributed by atoms with Crippen molar-refractivity contribution in [3.63, 3.8) is 0 Å². The Morgan fingerprint density at radius 3 is 2.10 bits per heavy atom. The molecule has 0 aliphatic carbocycles. The lowest BCUT2D eigenvalue weighted by Crippen LogP contribution is -1.87. The fourth-order valence-corrected chi connectivity index (χ4v) is 2.19. The standard InChI is InChI=1S/C20H20/c1-3-8-17(4-2)11-12-18-13-15-20(16-14-18)19-9-6-5-7-10-19/h3-10,13-16H,1-2,11-12H2/b17-8+. The van der Waals surface area contributed by atoms with Crippen molar-refractivity contribution in [2.24, 2.45) is 0 Å². The lowest BCUT2D eigenvalue weighted by Gasteiger charge is -2.05. The van der Waals surface area contributed by atoms with Crippen molar-refractivity contribution in [1.29, 1.82) is 0 Å². The minimum Gasteiger partial charge on any atom is -0.0991 e. The van der Waals surface area contributed by atoms with Gasteiger partial charge in [0, 0.05) is 0 Å². The molecule has 0 aliphatic rings. The van der Waals surface area contributed by atoms with Crippen molar-refractivity contribution in [3.8, 4) is 11.1 Å². The molecule has 0 nitrogen and oxygen atoms in total. The van der Waals surface area contributed by atoms with E-state index >= 15 is 0 Å². The molecule has 0 amide bonds. The van der Waals surface area contributed by atoms with Gasteiger partial charge in [-0.2, -0.15) is 0 Å². The summed E-state index contributed by atoms with van der Waals surface area (Å²) in [6.07, 6.45) is 7.77. The molecule has 0 fully saturated rings. The van der Waals surface area contributed by atoms with Gasteiger partial charge < -0.3 is 0 Å². The van der Waals surface area contributed by atoms with Crippen LogP contribution >= 0.6 is 0 Å². The van der Waals surface area contributed by atoms with Crippen molar-refractivity contribution in [2.75, 3.05) is 0 Å². The maximum atomic E-state index is 3.83. The Bertz CT molecular complexity index is 586. The van der Waals surface area contributed by atoms with Gasteiger partial charge in [0.25, 0.3) is 0 Å². The van der Waals surface area contributed by atoms with Crippen LogP contribution in [0.3, 0.4) is 0 Å². The number of aryl methyl sites for hydroxylation is 1. The quantitative estimate of drug-likeness (QED) is 0.594. The van der Waals surface area contributed by atoms with Crippen molar-refractivity contribution in [1.82, 2.24) is 0 Å². The van der Waals surface area contributed by atoms with E-state index in [0.29, 0.717) is 0 Å². The smallest absolute Gasteiger partial charge is 0.0184 e. The summed E-state index contributed by atoms with van der Waals surface area (Å²) in [5, 5.41) is 0. The third-order valence-corrected chi connectivity index (χ3v) is 3.36. The van der Waals surface area contributed by atoms with Gasteiger partial charge >= 0.3 is 0 Å². The first-order valence-corrected chi connectivity index (χ1v) is 6.92. The minimum atomic E-state index is 1.00. The fraction of sp³-hybridized carbons (Fsp3) is 0.100. The molecule has 100 valence electrons. The second kappa shape index (κ2) is 7.30. The minimum absolute atomic E-state index is 1.00. The van der Waals surface area contributed by atoms with E-state index < -0.39 is 0 Å². The molecule has 0 heterocycles. The summed E-state index contributed by atoms with van der Waals surface area (Å²) in [6.45, 7) is 7.55. The number of benzene rings is 2. The van der Waals surface area contributed by atoms with Crippen LogP contribution in [0, 0.1) is 0 Å². The van der Waals surface area contributed by atoms with Gasteiger partial charge in [-0.3, -0.25) is 0 Å². The highest BCUT2D eigenvalue weighted by Gasteiger charge is 1.98. The summed E-state index contributed by atoms with van der Waals surface area (Å²) in [7, 11) is 0. The van der Waals surface area contributed by atoms with Gasteiger partial charge in [-0.15, -0.1) is 0 Å². The second-order valence-electron chi connectivity index (χ2n) is 4.74. The van der Waals surface area contributed by atoms with Crippen LogP contribution in [0.25, 0.3) is 11.1 Å². The third kappa shape index (κ3) is 3.83. The molecule has 0 spiro atoms. The van der Waals surface area contributed by atoms with E-state index in [1.54, 1.807) is 0 Å². The Morgan fingerprint density at radius 2 is 1.50 bits per heavy atom. The fourth-order valence-electron chi connectivity index (χ4n) is 2.19. The lowest BCUT2D eigenvalue weighted by molar-refractivity contribution is 0.966. The number of hydrogen-bond acceptors (Lipinski definition) is 0. The highest BCUT2D eigenvalue weighted by molar-refractivity contribution is 5.63. The summed E-state index contributed by atoms with van der Waals surface area (Å²) >= 11 is 0. The Morgan fingerprint density at radius 1 is 0.850 bits per heavy atom. The molecule has 2 aromatic rings. The summed E-state index contributed by atoms with van der Waals surface area (Å²) in [6, 6.07) is 19.2. The predicted molar refractivity (Wildman–Crippen MR) is 88.7 cm³/mol. The first-order valence-electron chi connectivity index (χ1n) is 6.92. The Kier molecular flexibility index (Phi) is 5.14. The molecule has 0 radical (unpaired) electrons. The molecule has 20 heavy (non-hydrogen) atoms. The van der Waals surface area contributed by atoms with Gasteiger partial charge in [0.1, 0.15) is 0 Å². The van der Waals surface area contributed by atoms with Crippen LogP contribution in [0.2, 0.25) is 0 Å². The Balaban J connectivity index is 2.04. The molecule has 0 unspecified atom stereocenters. The van der Waals surface area contributed by atoms with Gasteiger partial charge in [-0.05, 0) is 35.1 Å². The van der Waals surface area contributed by atoms with Crippen LogP contribution in [0.4, 0.5) is 0 Å². The van der Waals surface area contributed by atoms with E-state index in [1.165, 1.54) is 22.3 Å². The third-order valence-electron chi connectivity index (χ3n) is 3.36. The molecule has 0 heteroatoms. The summed E-state index contributed by atoms with van der Waals surface area (Å²) < 4.78 is 0. The van der Waals surface area contributed by atoms with Gasteiger partial charge in [-0.1, -0.05) is 86.0 Å². The normalized spacial score (nSPS) is 11.1. The maximum absolute atomic E-state index is 3.83. The van der Waals surface area contributed by atoms with Crippen LogP contribution in [0.5, 0.6) is 0 Å². The van der Waals surface area contributed by atoms with E-state index in [-0.39, 0.29) is 0 Å². The lowest BCUT2D eigenvalue weighted by atomic mass is 10.0. The van der Waals surface area contributed by atoms with E-state index in [4.69, 9.17) is 0 Å². The molecule has 0 bridgehead atoms. The molecule has 0 N–H and O–H groups in total. The summed E-state index contributed by atoms with van der Waals surface area (Å²) in [4.78, 5) is 0. The first-order chi connectivity index (χ1) is 9.83. The van der Waals surface area contributed by atoms with Crippen LogP contribution in [0.1, 0.15) is 12.0 Å². The molecular weight excluding hydrogens is 240 g/mol. The van der Waals surface area contributed by atoms with Gasteiger partial charge in [0.05, 0.1) is 0 Å². The largest absolute Gasteiger partial charge is 0.0991 e. The monoisotopic (exact) mass is 260 g/mol. The maximum Gasteiger partial charge on any atom is -0.0184 e. The first kappa shape index (κ1) is 14.1. The number of allylic oxidation sites excluding steroid dienone is 4. The topological polar surface area (TPSA) is 0 Å². The van der Waals surface area contributed by atoms with Crippen LogP contribution in [-0.4, -0.2) is 0 Å². The average molecular weight is 260 g/mol. The zero-order valence-electron chi connectivity index (χ0n) is 11.8. The second-order valence-corrected chi connectivity index (χ2v) is 4.74. The molecule has 0 aromatic heterocycles. The van der Waals surface area contributed by atoms with E-state index in [1.807, 2.05) is 24.3 Å². The molecule has 2 rings (SSSR count). The summed E-state index contributed by atoms with van der Waals surface area (Å²) in [5.74, 6) is 0. The Labute approximate surface area is 121 Å². The molecular formula is C20H20. The average Bonchev–Trinajstić information content (AvgIpc) is 2.53. The predicted octanol–water partition coefficient (Wildman–Crippen LogP) is 5.58. The summed E-state index contributed by atoms with van der Waals surface area (Å²) in [5.41, 5.74) is 5.10. The highest BCUT2D eigenvalue weighted by Crippen LogP contribution is 2.20. The zero-order valence-corrected chi connectivity index (χ0v) is 11.8. The van der Waals surface area contributed by atoms with Crippen molar-refractivity contribution in [2.45, 2.75) is 12.8 Å². The molecule has 0 atom stereocenters. The van der Waals surface area contributed by atoms with Crippen LogP contribution in [-0.2, 0) is 6.42 Å². The van der Waals surface area contributed by atoms with Crippen LogP contribution < -0.4 is 0 Å². The molecule has 0 aliphatic heterocycles. The molecule has 0 saturated heterocycles. The molecule has 2 aromatic carbocycles. The highest BCUT2D eigenvalue weighted by atomic mass is 14.0. The van der Waals surface area contributed by atoms with Crippen LogP contribution in [0.15, 0.2) is 91.6 Å².